The minimum absolute atomic E-state index is 0.483. The number of nitrogens with two attached hydrogens (primary N) is 1. The predicted molar refractivity (Wildman–Crippen MR) is 103 cm³/mol. The summed E-state index contributed by atoms with van der Waals surface area (Å²) in [4.78, 5) is 8.27. The average Bonchev–Trinajstić information content (AvgIpc) is 3.16. The molecule has 0 amide bonds. The highest BCUT2D eigenvalue weighted by atomic mass is 16.5. The molecule has 2 heterocycles. The number of aromatic nitrogens is 4. The van der Waals surface area contributed by atoms with Crippen molar-refractivity contribution in [3.8, 4) is 22.8 Å². The molecule has 0 aliphatic carbocycles. The van der Waals surface area contributed by atoms with Crippen molar-refractivity contribution < 1.29 is 9.47 Å². The van der Waals surface area contributed by atoms with E-state index in [1.165, 1.54) is 6.20 Å². The van der Waals surface area contributed by atoms with Gasteiger partial charge in [-0.2, -0.15) is 5.10 Å². The molecule has 140 valence electrons. The Hall–Kier alpha value is -3.46. The molecule has 1 aromatic carbocycles. The van der Waals surface area contributed by atoms with E-state index >= 15 is 0 Å². The Morgan fingerprint density at radius 1 is 1.22 bits per heavy atom. The van der Waals surface area contributed by atoms with Gasteiger partial charge in [-0.25, -0.2) is 9.97 Å². The Morgan fingerprint density at radius 3 is 2.78 bits per heavy atom. The van der Waals surface area contributed by atoms with Gasteiger partial charge in [0.15, 0.2) is 5.82 Å². The maximum atomic E-state index is 7.16. The van der Waals surface area contributed by atoms with Gasteiger partial charge in [0.1, 0.15) is 17.3 Å². The highest BCUT2D eigenvalue weighted by molar-refractivity contribution is 5.76. The molecule has 2 aromatic heterocycles. The van der Waals surface area contributed by atoms with Gasteiger partial charge in [-0.15, -0.1) is 0 Å². The third kappa shape index (κ3) is 4.39. The van der Waals surface area contributed by atoms with Crippen molar-refractivity contribution in [1.82, 2.24) is 20.2 Å². The Morgan fingerprint density at radius 2 is 2.07 bits per heavy atom. The van der Waals surface area contributed by atoms with Crippen molar-refractivity contribution in [2.24, 2.45) is 5.73 Å². The molecule has 3 rings (SSSR count). The van der Waals surface area contributed by atoms with E-state index in [0.29, 0.717) is 42.0 Å². The molecule has 9 nitrogen and oxygen atoms in total. The van der Waals surface area contributed by atoms with Gasteiger partial charge in [-0.05, 0) is 25.1 Å². The van der Waals surface area contributed by atoms with Crippen LogP contribution in [0.1, 0.15) is 12.1 Å². The number of aromatic amines is 1. The second-order valence-corrected chi connectivity index (χ2v) is 5.59. The minimum Gasteiger partial charge on any atom is -0.496 e. The lowest BCUT2D eigenvalue weighted by atomic mass is 10.1. The molecule has 0 radical (unpaired) electrons. The number of hydrogen-bond acceptors (Lipinski definition) is 8. The first-order chi connectivity index (χ1) is 13.2. The van der Waals surface area contributed by atoms with E-state index in [2.05, 4.69) is 25.5 Å². The van der Waals surface area contributed by atoms with E-state index in [1.54, 1.807) is 13.3 Å². The van der Waals surface area contributed by atoms with Crippen molar-refractivity contribution in [3.05, 3.63) is 42.4 Å². The second-order valence-electron chi connectivity index (χ2n) is 5.59. The first kappa shape index (κ1) is 18.3. The summed E-state index contributed by atoms with van der Waals surface area (Å²) in [7, 11) is 1.61. The fraction of sp³-hybridized carbons (Fsp3) is 0.222. The van der Waals surface area contributed by atoms with E-state index in [1.807, 2.05) is 24.3 Å². The summed E-state index contributed by atoms with van der Waals surface area (Å²) in [6, 6.07) is 7.44. The molecule has 0 spiro atoms. The van der Waals surface area contributed by atoms with Crippen LogP contribution < -0.4 is 20.5 Å². The van der Waals surface area contributed by atoms with Crippen molar-refractivity contribution in [2.45, 2.75) is 6.42 Å². The van der Waals surface area contributed by atoms with Crippen LogP contribution in [0, 0.1) is 5.41 Å². The van der Waals surface area contributed by atoms with Gasteiger partial charge < -0.3 is 25.9 Å². The van der Waals surface area contributed by atoms with Crippen LogP contribution in [0.5, 0.6) is 11.5 Å². The molecule has 0 saturated heterocycles. The van der Waals surface area contributed by atoms with Gasteiger partial charge in [-0.3, -0.25) is 5.10 Å². The smallest absolute Gasteiger partial charge is 0.153 e. The van der Waals surface area contributed by atoms with Gasteiger partial charge in [-0.1, -0.05) is 6.07 Å². The van der Waals surface area contributed by atoms with E-state index < -0.39 is 0 Å². The maximum absolute atomic E-state index is 7.16. The number of nitrogens with one attached hydrogen (secondary N) is 3. The van der Waals surface area contributed by atoms with E-state index in [0.717, 1.165) is 23.9 Å². The van der Waals surface area contributed by atoms with Crippen LogP contribution in [-0.2, 0) is 0 Å². The molecule has 9 heteroatoms. The maximum Gasteiger partial charge on any atom is 0.153 e. The van der Waals surface area contributed by atoms with Crippen LogP contribution in [0.2, 0.25) is 0 Å². The first-order valence-electron chi connectivity index (χ1n) is 8.40. The monoisotopic (exact) mass is 367 g/mol. The number of hydrogen-bond donors (Lipinski definition) is 4. The number of nitrogens with zero attached hydrogens (tertiary/aromatic N) is 3. The largest absolute Gasteiger partial charge is 0.496 e. The molecule has 0 fully saturated rings. The highest BCUT2D eigenvalue weighted by Gasteiger charge is 2.16. The van der Waals surface area contributed by atoms with Gasteiger partial charge in [0.25, 0.3) is 0 Å². The van der Waals surface area contributed by atoms with E-state index in [4.69, 9.17) is 20.6 Å². The Balaban J connectivity index is 1.85. The topological polar surface area (TPSA) is 135 Å². The summed E-state index contributed by atoms with van der Waals surface area (Å²) in [5.74, 6) is 2.46. The summed E-state index contributed by atoms with van der Waals surface area (Å²) in [6.45, 7) is 1.08. The lowest BCUT2D eigenvalue weighted by Crippen LogP contribution is -2.07. The van der Waals surface area contributed by atoms with Crippen LogP contribution >= 0.6 is 0 Å². The summed E-state index contributed by atoms with van der Waals surface area (Å²) < 4.78 is 11.3. The quantitative estimate of drug-likeness (QED) is 0.337. The van der Waals surface area contributed by atoms with Crippen LogP contribution in [0.25, 0.3) is 11.3 Å². The zero-order valence-corrected chi connectivity index (χ0v) is 14.9. The Kier molecular flexibility index (Phi) is 5.95. The molecular formula is C18H21N7O2. The Labute approximate surface area is 156 Å². The zero-order chi connectivity index (χ0) is 19.1. The number of H-pyrrole nitrogens is 1. The molecule has 0 aliphatic rings. The number of rotatable bonds is 9. The minimum atomic E-state index is 0.483. The van der Waals surface area contributed by atoms with Crippen LogP contribution in [-0.4, -0.2) is 46.6 Å². The van der Waals surface area contributed by atoms with Crippen molar-refractivity contribution in [1.29, 1.82) is 5.41 Å². The fourth-order valence-electron chi connectivity index (χ4n) is 2.45. The van der Waals surface area contributed by atoms with Gasteiger partial charge in [0.2, 0.25) is 0 Å². The number of methoxy groups -OCH3 is 1. The van der Waals surface area contributed by atoms with Crippen LogP contribution in [0.15, 0.2) is 36.7 Å². The molecule has 0 aliphatic heterocycles. The first-order valence-corrected chi connectivity index (χ1v) is 8.40. The normalized spacial score (nSPS) is 10.4. The van der Waals surface area contributed by atoms with E-state index in [-0.39, 0.29) is 0 Å². The zero-order valence-electron chi connectivity index (χ0n) is 14.9. The van der Waals surface area contributed by atoms with Gasteiger partial charge in [0.05, 0.1) is 43.1 Å². The molecule has 27 heavy (non-hydrogen) atoms. The molecule has 0 unspecified atom stereocenters. The average molecular weight is 367 g/mol. The third-order valence-electron chi connectivity index (χ3n) is 3.74. The van der Waals surface area contributed by atoms with E-state index in [9.17, 15) is 0 Å². The van der Waals surface area contributed by atoms with Crippen molar-refractivity contribution in [3.63, 3.8) is 0 Å². The highest BCUT2D eigenvalue weighted by Crippen LogP contribution is 2.38. The predicted octanol–water partition coefficient (Wildman–Crippen LogP) is 2.34. The van der Waals surface area contributed by atoms with Crippen LogP contribution in [0.4, 0.5) is 11.6 Å². The lowest BCUT2D eigenvalue weighted by molar-refractivity contribution is 0.312. The summed E-state index contributed by atoms with van der Waals surface area (Å²) in [6.07, 6.45) is 4.94. The van der Waals surface area contributed by atoms with Gasteiger partial charge >= 0.3 is 0 Å². The van der Waals surface area contributed by atoms with Crippen LogP contribution in [0.3, 0.4) is 0 Å². The molecule has 5 N–H and O–H groups in total. The molecule has 0 saturated carbocycles. The molecule has 0 atom stereocenters. The summed E-state index contributed by atoms with van der Waals surface area (Å²) in [5.41, 5.74) is 7.54. The summed E-state index contributed by atoms with van der Waals surface area (Å²) >= 11 is 0. The number of benzene rings is 1. The van der Waals surface area contributed by atoms with Crippen molar-refractivity contribution >= 4 is 17.9 Å². The third-order valence-corrected chi connectivity index (χ3v) is 3.74. The van der Waals surface area contributed by atoms with Crippen molar-refractivity contribution in [2.75, 3.05) is 25.6 Å². The molecular weight excluding hydrogens is 346 g/mol. The fourth-order valence-corrected chi connectivity index (χ4v) is 2.45. The number of ether oxygens (including phenoxy) is 2. The second kappa shape index (κ2) is 8.77. The number of anilines is 2. The SMILES string of the molecule is COc1cccc(OCCCN)c1-c1cc(Nc2cnc(C=N)cn2)n[nH]1. The molecule has 0 bridgehead atoms. The summed E-state index contributed by atoms with van der Waals surface area (Å²) in [5, 5.41) is 17.5. The van der Waals surface area contributed by atoms with Gasteiger partial charge in [0, 0.05) is 12.3 Å². The molecule has 3 aromatic rings. The standard InChI is InChI=1S/C18H21N7O2/c1-26-14-4-2-5-15(27-7-3-6-19)18(14)13-8-16(25-24-13)23-17-11-21-12(9-20)10-22-17/h2,4-5,8-11,20H,3,6-7,19H2,1H3,(H2,22,23,24,25). The Bertz CT molecular complexity index is 893. The lowest BCUT2D eigenvalue weighted by Gasteiger charge is -2.13.